The van der Waals surface area contributed by atoms with E-state index >= 15 is 0 Å². The fourth-order valence-electron chi connectivity index (χ4n) is 3.66. The number of aryl methyl sites for hydroxylation is 2. The number of esters is 1. The second-order valence-corrected chi connectivity index (χ2v) is 8.13. The van der Waals surface area contributed by atoms with E-state index in [1.807, 2.05) is 25.5 Å². The molecule has 9 heteroatoms. The van der Waals surface area contributed by atoms with Crippen molar-refractivity contribution in [2.45, 2.75) is 27.3 Å². The summed E-state index contributed by atoms with van der Waals surface area (Å²) in [6.07, 6.45) is 2.95. The summed E-state index contributed by atoms with van der Waals surface area (Å²) in [6, 6.07) is 11.4. The van der Waals surface area contributed by atoms with Gasteiger partial charge < -0.3 is 24.3 Å². The summed E-state index contributed by atoms with van der Waals surface area (Å²) < 4.78 is 22.8. The maximum absolute atomic E-state index is 12.3. The predicted molar refractivity (Wildman–Crippen MR) is 137 cm³/mol. The minimum absolute atomic E-state index is 0.390. The lowest BCUT2D eigenvalue weighted by Crippen LogP contribution is -2.20. The minimum Gasteiger partial charge on any atom is -0.493 e. The Morgan fingerprint density at radius 2 is 1.61 bits per heavy atom. The SMILES string of the molecule is COc1cc(NC(=O)COC(=O)/C=C/c2c(C)nn(Cc3ccc(C)cc3)c2C)cc(OC)c1OC. The van der Waals surface area contributed by atoms with E-state index in [1.165, 1.54) is 33.0 Å². The maximum atomic E-state index is 12.3. The van der Waals surface area contributed by atoms with Crippen molar-refractivity contribution < 1.29 is 28.5 Å². The molecule has 0 radical (unpaired) electrons. The third-order valence-electron chi connectivity index (χ3n) is 5.57. The van der Waals surface area contributed by atoms with E-state index in [0.717, 1.165) is 22.5 Å². The molecule has 0 saturated carbocycles. The minimum atomic E-state index is -0.639. The topological polar surface area (TPSA) is 101 Å². The molecule has 0 spiro atoms. The number of methoxy groups -OCH3 is 3. The average molecular weight is 494 g/mol. The molecule has 0 bridgehead atoms. The molecule has 9 nitrogen and oxygen atoms in total. The molecule has 1 heterocycles. The van der Waals surface area contributed by atoms with Crippen molar-refractivity contribution in [3.63, 3.8) is 0 Å². The lowest BCUT2D eigenvalue weighted by Gasteiger charge is -2.14. The van der Waals surface area contributed by atoms with Gasteiger partial charge in [-0.2, -0.15) is 5.10 Å². The summed E-state index contributed by atoms with van der Waals surface area (Å²) in [5.41, 5.74) is 5.31. The fraction of sp³-hybridized carbons (Fsp3) is 0.296. The van der Waals surface area contributed by atoms with Crippen LogP contribution in [0.1, 0.15) is 28.1 Å². The molecule has 3 rings (SSSR count). The molecule has 190 valence electrons. The number of carbonyl (C=O) groups is 2. The number of rotatable bonds is 10. The van der Waals surface area contributed by atoms with Crippen LogP contribution >= 0.6 is 0 Å². The van der Waals surface area contributed by atoms with E-state index in [0.29, 0.717) is 29.5 Å². The zero-order chi connectivity index (χ0) is 26.2. The predicted octanol–water partition coefficient (Wildman–Crippen LogP) is 4.08. The van der Waals surface area contributed by atoms with Gasteiger partial charge in [0, 0.05) is 35.2 Å². The molecule has 0 saturated heterocycles. The molecule has 2 aromatic carbocycles. The van der Waals surface area contributed by atoms with E-state index in [-0.39, 0.29) is 0 Å². The van der Waals surface area contributed by atoms with Crippen molar-refractivity contribution in [3.8, 4) is 17.2 Å². The van der Waals surface area contributed by atoms with E-state index in [2.05, 4.69) is 34.7 Å². The van der Waals surface area contributed by atoms with Crippen LogP contribution < -0.4 is 19.5 Å². The Morgan fingerprint density at radius 3 is 2.19 bits per heavy atom. The first-order valence-electron chi connectivity index (χ1n) is 11.3. The Bertz CT molecular complexity index is 1240. The summed E-state index contributed by atoms with van der Waals surface area (Å²) >= 11 is 0. The number of hydrogen-bond donors (Lipinski definition) is 1. The van der Waals surface area contributed by atoms with Crippen molar-refractivity contribution in [2.75, 3.05) is 33.3 Å². The van der Waals surface area contributed by atoms with Crippen molar-refractivity contribution in [3.05, 3.63) is 70.6 Å². The standard InChI is InChI=1S/C27H31N3O6/c1-17-7-9-20(10-8-17)15-30-19(3)22(18(2)29-30)11-12-26(32)36-16-25(31)28-21-13-23(33-4)27(35-6)24(14-21)34-5/h7-14H,15-16H2,1-6H3,(H,28,31)/b12-11+. The number of carbonyl (C=O) groups excluding carboxylic acids is 2. The van der Waals surface area contributed by atoms with Gasteiger partial charge in [-0.05, 0) is 32.4 Å². The molecule has 0 fully saturated rings. The molecule has 0 atom stereocenters. The van der Waals surface area contributed by atoms with Crippen molar-refractivity contribution in [1.29, 1.82) is 0 Å². The Balaban J connectivity index is 1.59. The Hall–Kier alpha value is -4.27. The zero-order valence-electron chi connectivity index (χ0n) is 21.4. The molecule has 3 aromatic rings. The van der Waals surface area contributed by atoms with E-state index < -0.39 is 18.5 Å². The molecule has 0 aliphatic carbocycles. The van der Waals surface area contributed by atoms with Crippen LogP contribution in [-0.4, -0.2) is 49.6 Å². The number of anilines is 1. The third kappa shape index (κ3) is 6.44. The molecule has 1 amide bonds. The van der Waals surface area contributed by atoms with Crippen molar-refractivity contribution in [1.82, 2.24) is 9.78 Å². The van der Waals surface area contributed by atoms with Crippen molar-refractivity contribution >= 4 is 23.6 Å². The highest BCUT2D eigenvalue weighted by molar-refractivity contribution is 5.95. The summed E-state index contributed by atoms with van der Waals surface area (Å²) in [6.45, 7) is 6.06. The summed E-state index contributed by atoms with van der Waals surface area (Å²) in [4.78, 5) is 24.5. The molecule has 0 aliphatic heterocycles. The zero-order valence-corrected chi connectivity index (χ0v) is 21.4. The largest absolute Gasteiger partial charge is 0.493 e. The number of ether oxygens (including phenoxy) is 4. The Morgan fingerprint density at radius 1 is 0.972 bits per heavy atom. The van der Waals surface area contributed by atoms with Crippen LogP contribution in [0.25, 0.3) is 6.08 Å². The lowest BCUT2D eigenvalue weighted by molar-refractivity contribution is -0.142. The van der Waals surface area contributed by atoms with E-state index in [1.54, 1.807) is 18.2 Å². The number of nitrogens with zero attached hydrogens (tertiary/aromatic N) is 2. The molecule has 0 unspecified atom stereocenters. The quantitative estimate of drug-likeness (QED) is 0.336. The average Bonchev–Trinajstić information content (AvgIpc) is 3.13. The maximum Gasteiger partial charge on any atom is 0.331 e. The van der Waals surface area contributed by atoms with E-state index in [9.17, 15) is 9.59 Å². The van der Waals surface area contributed by atoms with Gasteiger partial charge in [-0.15, -0.1) is 0 Å². The van der Waals surface area contributed by atoms with Gasteiger partial charge in [0.1, 0.15) is 0 Å². The van der Waals surface area contributed by atoms with Gasteiger partial charge in [-0.1, -0.05) is 29.8 Å². The van der Waals surface area contributed by atoms with Gasteiger partial charge in [-0.25, -0.2) is 4.79 Å². The molecule has 36 heavy (non-hydrogen) atoms. The van der Waals surface area contributed by atoms with Crippen LogP contribution in [0.5, 0.6) is 17.2 Å². The number of amides is 1. The number of aromatic nitrogens is 2. The molecular formula is C27H31N3O6. The molecule has 0 aliphatic rings. The summed E-state index contributed by atoms with van der Waals surface area (Å²) in [5.74, 6) is 0.0354. The van der Waals surface area contributed by atoms with Crippen LogP contribution in [0.4, 0.5) is 5.69 Å². The lowest BCUT2D eigenvalue weighted by atomic mass is 10.1. The highest BCUT2D eigenvalue weighted by Crippen LogP contribution is 2.39. The number of nitrogens with one attached hydrogen (secondary N) is 1. The van der Waals surface area contributed by atoms with Gasteiger partial charge in [-0.3, -0.25) is 9.48 Å². The number of benzene rings is 2. The van der Waals surface area contributed by atoms with Crippen LogP contribution in [0.3, 0.4) is 0 Å². The van der Waals surface area contributed by atoms with E-state index in [4.69, 9.17) is 18.9 Å². The smallest absolute Gasteiger partial charge is 0.331 e. The highest BCUT2D eigenvalue weighted by atomic mass is 16.5. The summed E-state index contributed by atoms with van der Waals surface area (Å²) in [5, 5.41) is 7.24. The first kappa shape index (κ1) is 26.3. The third-order valence-corrected chi connectivity index (χ3v) is 5.57. The highest BCUT2D eigenvalue weighted by Gasteiger charge is 2.15. The monoisotopic (exact) mass is 493 g/mol. The van der Waals surface area contributed by atoms with Crippen LogP contribution in [-0.2, 0) is 20.9 Å². The first-order valence-corrected chi connectivity index (χ1v) is 11.3. The van der Waals surface area contributed by atoms with Gasteiger partial charge in [0.05, 0.1) is 33.6 Å². The van der Waals surface area contributed by atoms with Crippen LogP contribution in [0.15, 0.2) is 42.5 Å². The van der Waals surface area contributed by atoms with Crippen LogP contribution in [0.2, 0.25) is 0 Å². The first-order chi connectivity index (χ1) is 17.2. The van der Waals surface area contributed by atoms with Gasteiger partial charge in [0.25, 0.3) is 5.91 Å². The second-order valence-electron chi connectivity index (χ2n) is 8.13. The summed E-state index contributed by atoms with van der Waals surface area (Å²) in [7, 11) is 4.45. The molecule has 1 N–H and O–H groups in total. The van der Waals surface area contributed by atoms with Gasteiger partial charge in [0.2, 0.25) is 5.75 Å². The Labute approximate surface area is 210 Å². The van der Waals surface area contributed by atoms with Gasteiger partial charge in [0.15, 0.2) is 18.1 Å². The fourth-order valence-corrected chi connectivity index (χ4v) is 3.66. The number of hydrogen-bond acceptors (Lipinski definition) is 7. The molecule has 1 aromatic heterocycles. The molecular weight excluding hydrogens is 462 g/mol. The Kier molecular flexibility index (Phi) is 8.72. The van der Waals surface area contributed by atoms with Crippen molar-refractivity contribution in [2.24, 2.45) is 0 Å². The normalized spacial score (nSPS) is 10.8. The van der Waals surface area contributed by atoms with Crippen LogP contribution in [0, 0.1) is 20.8 Å². The van der Waals surface area contributed by atoms with Gasteiger partial charge >= 0.3 is 5.97 Å². The second kappa shape index (κ2) is 11.9.